The van der Waals surface area contributed by atoms with Gasteiger partial charge in [-0.25, -0.2) is 4.79 Å². The van der Waals surface area contributed by atoms with Crippen molar-refractivity contribution in [2.24, 2.45) is 0 Å². The van der Waals surface area contributed by atoms with E-state index in [4.69, 9.17) is 32.7 Å². The first-order chi connectivity index (χ1) is 10.8. The molecule has 0 saturated carbocycles. The molecule has 0 fully saturated rings. The van der Waals surface area contributed by atoms with Gasteiger partial charge < -0.3 is 14.8 Å². The summed E-state index contributed by atoms with van der Waals surface area (Å²) >= 11 is 11.6. The minimum Gasteiger partial charge on any atom is -0.475 e. The molecular weight excluding hydrogens is 365 g/mol. The number of nitrogens with one attached hydrogen (secondary N) is 1. The summed E-state index contributed by atoms with van der Waals surface area (Å²) in [5, 5.41) is 12.0. The first kappa shape index (κ1) is 17.5. The van der Waals surface area contributed by atoms with E-state index in [1.807, 2.05) is 0 Å². The van der Waals surface area contributed by atoms with Crippen LogP contribution in [-0.2, 0) is 21.3 Å². The molecule has 0 aliphatic rings. The Morgan fingerprint density at radius 3 is 2.39 bits per heavy atom. The highest BCUT2D eigenvalue weighted by Gasteiger charge is 2.14. The van der Waals surface area contributed by atoms with Crippen molar-refractivity contribution in [3.63, 3.8) is 0 Å². The number of amides is 1. The third-order valence-electron chi connectivity index (χ3n) is 2.61. The second kappa shape index (κ2) is 7.63. The molecule has 0 saturated heterocycles. The number of hydrogen-bond acceptors (Lipinski definition) is 4. The number of rotatable bonds is 6. The summed E-state index contributed by atoms with van der Waals surface area (Å²) in [6.07, 6.45) is 0. The average Bonchev–Trinajstić information content (AvgIpc) is 2.85. The van der Waals surface area contributed by atoms with Gasteiger partial charge in [0.05, 0.1) is 5.75 Å². The van der Waals surface area contributed by atoms with Crippen LogP contribution in [0.4, 0.5) is 5.69 Å². The maximum atomic E-state index is 11.9. The van der Waals surface area contributed by atoms with Crippen LogP contribution in [0.15, 0.2) is 34.7 Å². The molecule has 2 N–H and O–H groups in total. The van der Waals surface area contributed by atoms with E-state index in [0.717, 1.165) is 0 Å². The van der Waals surface area contributed by atoms with E-state index in [0.29, 0.717) is 15.7 Å². The van der Waals surface area contributed by atoms with Gasteiger partial charge >= 0.3 is 5.97 Å². The van der Waals surface area contributed by atoms with Gasteiger partial charge in [0.25, 0.3) is 0 Å². The normalized spacial score (nSPS) is 11.9. The maximum absolute atomic E-state index is 11.9. The highest BCUT2D eigenvalue weighted by atomic mass is 35.5. The minimum atomic E-state index is -1.55. The smallest absolute Gasteiger partial charge is 0.371 e. The van der Waals surface area contributed by atoms with E-state index in [9.17, 15) is 13.8 Å². The van der Waals surface area contributed by atoms with Gasteiger partial charge in [-0.15, -0.1) is 0 Å². The Hall–Kier alpha value is -1.83. The summed E-state index contributed by atoms with van der Waals surface area (Å²) in [5.74, 6) is -2.02. The van der Waals surface area contributed by atoms with E-state index in [1.54, 1.807) is 0 Å². The SMILES string of the molecule is O=C(CS(=O)Cc1ccc(C(=O)O)o1)Nc1cc(Cl)cc(Cl)c1. The topological polar surface area (TPSA) is 96.6 Å². The van der Waals surface area contributed by atoms with Gasteiger partial charge in [-0.2, -0.15) is 0 Å². The van der Waals surface area contributed by atoms with Crippen LogP contribution in [0.1, 0.15) is 16.3 Å². The number of hydrogen-bond donors (Lipinski definition) is 2. The number of carbonyl (C=O) groups is 2. The molecule has 2 rings (SSSR count). The molecule has 122 valence electrons. The molecule has 9 heteroatoms. The summed E-state index contributed by atoms with van der Waals surface area (Å²) in [4.78, 5) is 22.5. The molecule has 1 aromatic carbocycles. The second-order valence-corrected chi connectivity index (χ2v) is 6.84. The van der Waals surface area contributed by atoms with Crippen molar-refractivity contribution in [2.75, 3.05) is 11.1 Å². The van der Waals surface area contributed by atoms with Crippen LogP contribution in [0.25, 0.3) is 0 Å². The molecule has 0 aliphatic heterocycles. The number of halogens is 2. The zero-order valence-corrected chi connectivity index (χ0v) is 13.9. The lowest BCUT2D eigenvalue weighted by atomic mass is 10.3. The predicted molar refractivity (Wildman–Crippen MR) is 87.5 cm³/mol. The van der Waals surface area contributed by atoms with Crippen molar-refractivity contribution in [1.82, 2.24) is 0 Å². The van der Waals surface area contributed by atoms with Crippen LogP contribution in [0.2, 0.25) is 10.0 Å². The molecule has 1 amide bonds. The molecule has 0 spiro atoms. The largest absolute Gasteiger partial charge is 0.475 e. The molecule has 0 aliphatic carbocycles. The number of benzene rings is 1. The Balaban J connectivity index is 1.91. The third kappa shape index (κ3) is 5.38. The second-order valence-electron chi connectivity index (χ2n) is 4.51. The highest BCUT2D eigenvalue weighted by Crippen LogP contribution is 2.22. The molecule has 1 atom stereocenters. The molecule has 23 heavy (non-hydrogen) atoms. The molecule has 2 aromatic rings. The minimum absolute atomic E-state index is 0.0585. The van der Waals surface area contributed by atoms with Crippen LogP contribution >= 0.6 is 23.2 Å². The third-order valence-corrected chi connectivity index (χ3v) is 4.24. The van der Waals surface area contributed by atoms with E-state index in [1.165, 1.54) is 30.3 Å². The fourth-order valence-corrected chi connectivity index (χ4v) is 3.21. The Morgan fingerprint density at radius 2 is 1.83 bits per heavy atom. The number of carbonyl (C=O) groups excluding carboxylic acids is 1. The fourth-order valence-electron chi connectivity index (χ4n) is 1.75. The number of furan rings is 1. The van der Waals surface area contributed by atoms with Gasteiger partial charge in [0.15, 0.2) is 0 Å². The monoisotopic (exact) mass is 375 g/mol. The molecular formula is C14H11Cl2NO5S. The molecule has 6 nitrogen and oxygen atoms in total. The Labute approximate surface area is 143 Å². The van der Waals surface area contributed by atoms with Crippen molar-refractivity contribution in [3.8, 4) is 0 Å². The zero-order valence-electron chi connectivity index (χ0n) is 11.5. The first-order valence-corrected chi connectivity index (χ1v) is 8.51. The Kier molecular flexibility index (Phi) is 5.81. The lowest BCUT2D eigenvalue weighted by Crippen LogP contribution is -2.20. The van der Waals surface area contributed by atoms with Crippen LogP contribution in [0, 0.1) is 0 Å². The summed E-state index contributed by atoms with van der Waals surface area (Å²) < 4.78 is 16.9. The average molecular weight is 376 g/mol. The van der Waals surface area contributed by atoms with Crippen LogP contribution < -0.4 is 5.32 Å². The lowest BCUT2D eigenvalue weighted by Gasteiger charge is -2.06. The van der Waals surface area contributed by atoms with Gasteiger partial charge in [-0.1, -0.05) is 23.2 Å². The summed E-state index contributed by atoms with van der Waals surface area (Å²) in [6.45, 7) is 0. The van der Waals surface area contributed by atoms with Crippen molar-refractivity contribution >= 4 is 51.6 Å². The Bertz CT molecular complexity index is 754. The van der Waals surface area contributed by atoms with Crippen LogP contribution in [0.3, 0.4) is 0 Å². The van der Waals surface area contributed by atoms with Gasteiger partial charge in [0.1, 0.15) is 11.5 Å². The van der Waals surface area contributed by atoms with Crippen molar-refractivity contribution in [1.29, 1.82) is 0 Å². The zero-order chi connectivity index (χ0) is 17.0. The van der Waals surface area contributed by atoms with Crippen molar-refractivity contribution in [3.05, 3.63) is 51.9 Å². The van der Waals surface area contributed by atoms with Crippen LogP contribution in [-0.4, -0.2) is 26.9 Å². The molecule has 0 radical (unpaired) electrons. The number of anilines is 1. The molecule has 1 unspecified atom stereocenters. The summed E-state index contributed by atoms with van der Waals surface area (Å²) in [6, 6.07) is 7.23. The van der Waals surface area contributed by atoms with Crippen LogP contribution in [0.5, 0.6) is 0 Å². The molecule has 0 bridgehead atoms. The predicted octanol–water partition coefficient (Wildman–Crippen LogP) is 3.17. The standard InChI is InChI=1S/C14H11Cl2NO5S/c15-8-3-9(16)5-10(4-8)17-13(18)7-23(21)6-11-1-2-12(22-11)14(19)20/h1-5H,6-7H2,(H,17,18)(H,19,20). The summed E-state index contributed by atoms with van der Waals surface area (Å²) in [7, 11) is -1.55. The summed E-state index contributed by atoms with van der Waals surface area (Å²) in [5.41, 5.74) is 0.399. The first-order valence-electron chi connectivity index (χ1n) is 6.26. The number of carboxylic acids is 1. The van der Waals surface area contributed by atoms with Gasteiger partial charge in [-0.3, -0.25) is 9.00 Å². The Morgan fingerprint density at radius 1 is 1.17 bits per heavy atom. The van der Waals surface area contributed by atoms with Gasteiger partial charge in [0.2, 0.25) is 11.7 Å². The lowest BCUT2D eigenvalue weighted by molar-refractivity contribution is -0.113. The highest BCUT2D eigenvalue weighted by molar-refractivity contribution is 7.84. The van der Waals surface area contributed by atoms with E-state index >= 15 is 0 Å². The molecule has 1 heterocycles. The van der Waals surface area contributed by atoms with Gasteiger partial charge in [-0.05, 0) is 30.3 Å². The van der Waals surface area contributed by atoms with E-state index < -0.39 is 22.7 Å². The maximum Gasteiger partial charge on any atom is 0.371 e. The number of carboxylic acid groups (broad SMARTS) is 1. The number of aromatic carboxylic acids is 1. The fraction of sp³-hybridized carbons (Fsp3) is 0.143. The quantitative estimate of drug-likeness (QED) is 0.807. The van der Waals surface area contributed by atoms with E-state index in [-0.39, 0.29) is 23.0 Å². The van der Waals surface area contributed by atoms with Crippen molar-refractivity contribution < 1.29 is 23.3 Å². The molecule has 1 aromatic heterocycles. The van der Waals surface area contributed by atoms with E-state index in [2.05, 4.69) is 5.32 Å². The van der Waals surface area contributed by atoms with Gasteiger partial charge in [0, 0.05) is 26.5 Å². The van der Waals surface area contributed by atoms with Crippen molar-refractivity contribution in [2.45, 2.75) is 5.75 Å².